The van der Waals surface area contributed by atoms with E-state index in [9.17, 15) is 0 Å². The highest BCUT2D eigenvalue weighted by molar-refractivity contribution is 5.54. The van der Waals surface area contributed by atoms with E-state index in [1.165, 1.54) is 25.7 Å². The van der Waals surface area contributed by atoms with Gasteiger partial charge >= 0.3 is 0 Å². The molecule has 1 aromatic rings. The van der Waals surface area contributed by atoms with E-state index in [4.69, 9.17) is 10.5 Å². The van der Waals surface area contributed by atoms with Crippen molar-refractivity contribution in [3.8, 4) is 5.88 Å². The van der Waals surface area contributed by atoms with Gasteiger partial charge in [-0.3, -0.25) is 0 Å². The molecule has 0 saturated heterocycles. The first-order valence-electron chi connectivity index (χ1n) is 7.77. The quantitative estimate of drug-likeness (QED) is 0.865. The molecule has 0 amide bonds. The molecular formula is C16H25N3O. The van der Waals surface area contributed by atoms with Crippen LogP contribution in [0.3, 0.4) is 0 Å². The van der Waals surface area contributed by atoms with E-state index in [1.54, 1.807) is 0 Å². The Balaban J connectivity index is 1.66. The number of pyridine rings is 1. The third-order valence-corrected chi connectivity index (χ3v) is 4.51. The Bertz CT molecular complexity index is 475. The van der Waals surface area contributed by atoms with Gasteiger partial charge in [0.1, 0.15) is 5.82 Å². The zero-order valence-electron chi connectivity index (χ0n) is 12.4. The van der Waals surface area contributed by atoms with Crippen molar-refractivity contribution in [2.24, 2.45) is 17.8 Å². The maximum Gasteiger partial charge on any atom is 0.239 e. The molecule has 3 N–H and O–H groups in total. The second-order valence-electron chi connectivity index (χ2n) is 6.72. The highest BCUT2D eigenvalue weighted by Crippen LogP contribution is 2.45. The van der Waals surface area contributed by atoms with Crippen LogP contribution in [0.5, 0.6) is 5.88 Å². The Morgan fingerprint density at radius 1 is 1.35 bits per heavy atom. The molecule has 0 aliphatic heterocycles. The van der Waals surface area contributed by atoms with Crippen LogP contribution in [0.4, 0.5) is 11.5 Å². The van der Waals surface area contributed by atoms with Gasteiger partial charge < -0.3 is 15.8 Å². The van der Waals surface area contributed by atoms with Crippen molar-refractivity contribution in [2.75, 3.05) is 17.7 Å². The SMILES string of the molecule is CC(C)COc1nc(NC2CC3CCC2C3)ccc1N. The maximum absolute atomic E-state index is 5.93. The van der Waals surface area contributed by atoms with Gasteiger partial charge in [-0.25, -0.2) is 0 Å². The standard InChI is InChI=1S/C16H25N3O/c1-10(2)9-20-16-13(17)5-6-15(19-16)18-14-8-11-3-4-12(14)7-11/h5-6,10-12,14H,3-4,7-9,17H2,1-2H3,(H,18,19). The minimum Gasteiger partial charge on any atom is -0.476 e. The summed E-state index contributed by atoms with van der Waals surface area (Å²) in [6.45, 7) is 4.88. The number of hydrogen-bond donors (Lipinski definition) is 2. The lowest BCUT2D eigenvalue weighted by molar-refractivity contribution is 0.263. The number of nitrogens with zero attached hydrogens (tertiary/aromatic N) is 1. The van der Waals surface area contributed by atoms with Crippen LogP contribution in [0, 0.1) is 17.8 Å². The Labute approximate surface area is 121 Å². The second-order valence-corrected chi connectivity index (χ2v) is 6.72. The van der Waals surface area contributed by atoms with Gasteiger partial charge in [-0.15, -0.1) is 0 Å². The molecule has 2 aliphatic rings. The molecular weight excluding hydrogens is 250 g/mol. The van der Waals surface area contributed by atoms with Crippen molar-refractivity contribution < 1.29 is 4.74 Å². The zero-order chi connectivity index (χ0) is 14.1. The van der Waals surface area contributed by atoms with Gasteiger partial charge in [0.05, 0.1) is 12.3 Å². The third kappa shape index (κ3) is 2.84. The molecule has 110 valence electrons. The Kier molecular flexibility index (Phi) is 3.72. The Morgan fingerprint density at radius 2 is 2.20 bits per heavy atom. The van der Waals surface area contributed by atoms with Crippen molar-refractivity contribution in [2.45, 2.75) is 45.6 Å². The summed E-state index contributed by atoms with van der Waals surface area (Å²) >= 11 is 0. The van der Waals surface area contributed by atoms with E-state index in [0.29, 0.717) is 30.1 Å². The van der Waals surface area contributed by atoms with Gasteiger partial charge in [-0.05, 0) is 49.1 Å². The predicted molar refractivity (Wildman–Crippen MR) is 81.8 cm³/mol. The average molecular weight is 275 g/mol. The number of aromatic nitrogens is 1. The lowest BCUT2D eigenvalue weighted by Crippen LogP contribution is -2.26. The summed E-state index contributed by atoms with van der Waals surface area (Å²) in [7, 11) is 0. The summed E-state index contributed by atoms with van der Waals surface area (Å²) in [6.07, 6.45) is 5.47. The van der Waals surface area contributed by atoms with Crippen molar-refractivity contribution in [1.29, 1.82) is 0 Å². The molecule has 3 unspecified atom stereocenters. The van der Waals surface area contributed by atoms with Crippen LogP contribution in [0.15, 0.2) is 12.1 Å². The lowest BCUT2D eigenvalue weighted by Gasteiger charge is -2.23. The summed E-state index contributed by atoms with van der Waals surface area (Å²) in [5.41, 5.74) is 6.54. The van der Waals surface area contributed by atoms with Crippen molar-refractivity contribution >= 4 is 11.5 Å². The van der Waals surface area contributed by atoms with Crippen LogP contribution in [0.2, 0.25) is 0 Å². The van der Waals surface area contributed by atoms with Crippen molar-refractivity contribution in [1.82, 2.24) is 4.98 Å². The summed E-state index contributed by atoms with van der Waals surface area (Å²) in [5.74, 6) is 3.70. The summed E-state index contributed by atoms with van der Waals surface area (Å²) in [5, 5.41) is 3.58. The molecule has 20 heavy (non-hydrogen) atoms. The number of rotatable bonds is 5. The first kappa shape index (κ1) is 13.5. The van der Waals surface area contributed by atoms with Gasteiger partial charge in [0, 0.05) is 6.04 Å². The molecule has 3 atom stereocenters. The normalized spacial score (nSPS) is 28.1. The second kappa shape index (κ2) is 5.51. The number of anilines is 2. The van der Waals surface area contributed by atoms with Crippen LogP contribution < -0.4 is 15.8 Å². The summed E-state index contributed by atoms with van der Waals surface area (Å²) in [4.78, 5) is 4.53. The van der Waals surface area contributed by atoms with E-state index < -0.39 is 0 Å². The molecule has 1 heterocycles. The minimum absolute atomic E-state index is 0.471. The highest BCUT2D eigenvalue weighted by Gasteiger charge is 2.39. The smallest absolute Gasteiger partial charge is 0.239 e. The van der Waals surface area contributed by atoms with Crippen LogP contribution in [-0.2, 0) is 0 Å². The van der Waals surface area contributed by atoms with Crippen LogP contribution in [-0.4, -0.2) is 17.6 Å². The van der Waals surface area contributed by atoms with Gasteiger partial charge in [-0.1, -0.05) is 20.3 Å². The number of hydrogen-bond acceptors (Lipinski definition) is 4. The van der Waals surface area contributed by atoms with Gasteiger partial charge in [0.15, 0.2) is 0 Å². The fourth-order valence-electron chi connectivity index (χ4n) is 3.50. The molecule has 0 spiro atoms. The number of nitrogens with one attached hydrogen (secondary N) is 1. The van der Waals surface area contributed by atoms with Gasteiger partial charge in [0.25, 0.3) is 0 Å². The van der Waals surface area contributed by atoms with E-state index in [2.05, 4.69) is 24.1 Å². The number of ether oxygens (including phenoxy) is 1. The van der Waals surface area contributed by atoms with Crippen LogP contribution in [0.1, 0.15) is 39.5 Å². The van der Waals surface area contributed by atoms with E-state index >= 15 is 0 Å². The van der Waals surface area contributed by atoms with Crippen molar-refractivity contribution in [3.63, 3.8) is 0 Å². The maximum atomic E-state index is 5.93. The summed E-state index contributed by atoms with van der Waals surface area (Å²) in [6, 6.07) is 4.43. The molecule has 4 heteroatoms. The first-order valence-corrected chi connectivity index (χ1v) is 7.77. The van der Waals surface area contributed by atoms with E-state index in [0.717, 1.165) is 17.7 Å². The molecule has 1 aromatic heterocycles. The predicted octanol–water partition coefficient (Wildman–Crippen LogP) is 3.30. The fourth-order valence-corrected chi connectivity index (χ4v) is 3.50. The fraction of sp³-hybridized carbons (Fsp3) is 0.688. The van der Waals surface area contributed by atoms with Crippen LogP contribution in [0.25, 0.3) is 0 Å². The lowest BCUT2D eigenvalue weighted by atomic mass is 9.95. The third-order valence-electron chi connectivity index (χ3n) is 4.51. The molecule has 2 aliphatic carbocycles. The molecule has 4 nitrogen and oxygen atoms in total. The molecule has 3 rings (SSSR count). The van der Waals surface area contributed by atoms with Crippen LogP contribution >= 0.6 is 0 Å². The molecule has 2 saturated carbocycles. The average Bonchev–Trinajstić information content (AvgIpc) is 3.01. The molecule has 2 fully saturated rings. The van der Waals surface area contributed by atoms with Gasteiger partial charge in [0.2, 0.25) is 5.88 Å². The summed E-state index contributed by atoms with van der Waals surface area (Å²) < 4.78 is 5.69. The molecule has 0 aromatic carbocycles. The number of fused-ring (bicyclic) bond motifs is 2. The monoisotopic (exact) mass is 275 g/mol. The Hall–Kier alpha value is -1.45. The largest absolute Gasteiger partial charge is 0.476 e. The van der Waals surface area contributed by atoms with Crippen molar-refractivity contribution in [3.05, 3.63) is 12.1 Å². The van der Waals surface area contributed by atoms with E-state index in [-0.39, 0.29) is 0 Å². The molecule has 2 bridgehead atoms. The zero-order valence-corrected chi connectivity index (χ0v) is 12.4. The first-order chi connectivity index (χ1) is 9.61. The molecule has 0 radical (unpaired) electrons. The number of nitrogens with two attached hydrogens (primary N) is 1. The Morgan fingerprint density at radius 3 is 2.85 bits per heavy atom. The van der Waals surface area contributed by atoms with Gasteiger partial charge in [-0.2, -0.15) is 4.98 Å². The number of nitrogen functional groups attached to an aromatic ring is 1. The van der Waals surface area contributed by atoms with E-state index in [1.807, 2.05) is 12.1 Å². The minimum atomic E-state index is 0.471. The topological polar surface area (TPSA) is 60.2 Å². The highest BCUT2D eigenvalue weighted by atomic mass is 16.5.